The van der Waals surface area contributed by atoms with Crippen molar-refractivity contribution in [3.8, 4) is 0 Å². The molecule has 0 atom stereocenters. The third-order valence-electron chi connectivity index (χ3n) is 2.74. The van der Waals surface area contributed by atoms with Crippen molar-refractivity contribution < 1.29 is 22.7 Å². The molecular formula is C13H15BrF3NO2. The first-order valence-corrected chi connectivity index (χ1v) is 6.56. The summed E-state index contributed by atoms with van der Waals surface area (Å²) in [6.45, 7) is 3.46. The number of hydrogen-bond acceptors (Lipinski definition) is 3. The van der Waals surface area contributed by atoms with Gasteiger partial charge in [0.2, 0.25) is 0 Å². The molecule has 1 rings (SSSR count). The first-order chi connectivity index (χ1) is 9.08. The van der Waals surface area contributed by atoms with Crippen molar-refractivity contribution in [2.75, 3.05) is 19.0 Å². The number of carbonyl (C=O) groups is 1. The molecule has 0 aliphatic rings. The van der Waals surface area contributed by atoms with Crippen molar-refractivity contribution in [2.45, 2.75) is 20.0 Å². The maximum atomic E-state index is 12.8. The number of carbonyl (C=O) groups excluding carboxylic acids is 1. The zero-order valence-electron chi connectivity index (χ0n) is 11.3. The normalized spacial score (nSPS) is 12.2. The third-order valence-corrected chi connectivity index (χ3v) is 3.44. The van der Waals surface area contributed by atoms with E-state index >= 15 is 0 Å². The predicted molar refractivity (Wildman–Crippen MR) is 73.4 cm³/mol. The largest absolute Gasteiger partial charge is 0.469 e. The zero-order valence-corrected chi connectivity index (χ0v) is 12.9. The van der Waals surface area contributed by atoms with Gasteiger partial charge in [0.15, 0.2) is 0 Å². The molecule has 0 saturated heterocycles. The lowest BCUT2D eigenvalue weighted by Crippen LogP contribution is -2.33. The molecule has 0 aliphatic heterocycles. The van der Waals surface area contributed by atoms with E-state index in [-0.39, 0.29) is 16.7 Å². The Morgan fingerprint density at radius 3 is 2.45 bits per heavy atom. The molecule has 1 N–H and O–H groups in total. The van der Waals surface area contributed by atoms with Crippen LogP contribution in [0.3, 0.4) is 0 Å². The fraction of sp³-hybridized carbons (Fsp3) is 0.462. The Bertz CT molecular complexity index is 501. The van der Waals surface area contributed by atoms with Crippen LogP contribution in [-0.4, -0.2) is 19.6 Å². The van der Waals surface area contributed by atoms with Crippen LogP contribution < -0.4 is 5.32 Å². The topological polar surface area (TPSA) is 38.3 Å². The number of benzene rings is 1. The summed E-state index contributed by atoms with van der Waals surface area (Å²) in [6.07, 6.45) is -4.44. The van der Waals surface area contributed by atoms with E-state index in [9.17, 15) is 18.0 Å². The minimum atomic E-state index is -4.44. The molecule has 0 unspecified atom stereocenters. The van der Waals surface area contributed by atoms with Gasteiger partial charge in [-0.2, -0.15) is 13.2 Å². The molecule has 0 bridgehead atoms. The molecule has 0 fully saturated rings. The van der Waals surface area contributed by atoms with E-state index in [1.165, 1.54) is 19.2 Å². The van der Waals surface area contributed by atoms with E-state index in [1.807, 2.05) is 0 Å². The fourth-order valence-corrected chi connectivity index (χ4v) is 2.00. The minimum absolute atomic E-state index is 0.0252. The van der Waals surface area contributed by atoms with Gasteiger partial charge in [0.25, 0.3) is 0 Å². The Morgan fingerprint density at radius 1 is 1.35 bits per heavy atom. The molecule has 0 radical (unpaired) electrons. The molecule has 0 spiro atoms. The third kappa shape index (κ3) is 4.13. The van der Waals surface area contributed by atoms with Crippen molar-refractivity contribution in [3.05, 3.63) is 28.2 Å². The summed E-state index contributed by atoms with van der Waals surface area (Å²) < 4.78 is 42.9. The fourth-order valence-electron chi connectivity index (χ4n) is 1.52. The van der Waals surface area contributed by atoms with Crippen LogP contribution in [0.5, 0.6) is 0 Å². The van der Waals surface area contributed by atoms with Crippen LogP contribution in [0.15, 0.2) is 22.7 Å². The average molecular weight is 354 g/mol. The van der Waals surface area contributed by atoms with E-state index in [4.69, 9.17) is 0 Å². The van der Waals surface area contributed by atoms with Gasteiger partial charge >= 0.3 is 12.1 Å². The quantitative estimate of drug-likeness (QED) is 0.829. The van der Waals surface area contributed by atoms with Gasteiger partial charge in [-0.25, -0.2) is 0 Å². The molecular weight excluding hydrogens is 339 g/mol. The molecule has 1 aromatic rings. The van der Waals surface area contributed by atoms with Crippen LogP contribution in [0, 0.1) is 5.41 Å². The highest BCUT2D eigenvalue weighted by molar-refractivity contribution is 9.10. The van der Waals surface area contributed by atoms with E-state index in [2.05, 4.69) is 26.0 Å². The van der Waals surface area contributed by atoms with Gasteiger partial charge < -0.3 is 10.1 Å². The maximum absolute atomic E-state index is 12.8. The second-order valence-corrected chi connectivity index (χ2v) is 5.78. The van der Waals surface area contributed by atoms with E-state index in [1.54, 1.807) is 13.8 Å². The molecule has 0 amide bonds. The van der Waals surface area contributed by atoms with Crippen LogP contribution in [0.2, 0.25) is 0 Å². The Balaban J connectivity index is 2.88. The molecule has 1 aromatic carbocycles. The standard InChI is InChI=1S/C13H15BrF3NO2/c1-12(2,11(19)20-3)7-18-8-4-5-10(14)9(6-8)13(15,16)17/h4-6,18H,7H2,1-3H3. The summed E-state index contributed by atoms with van der Waals surface area (Å²) in [5.74, 6) is -0.432. The SMILES string of the molecule is COC(=O)C(C)(C)CNc1ccc(Br)c(C(F)(F)F)c1. The molecule has 0 heterocycles. The molecule has 20 heavy (non-hydrogen) atoms. The molecule has 112 valence electrons. The second-order valence-electron chi connectivity index (χ2n) is 4.92. The van der Waals surface area contributed by atoms with Gasteiger partial charge in [-0.15, -0.1) is 0 Å². The maximum Gasteiger partial charge on any atom is 0.417 e. The van der Waals surface area contributed by atoms with Crippen molar-refractivity contribution in [1.82, 2.24) is 0 Å². The number of methoxy groups -OCH3 is 1. The molecule has 0 aromatic heterocycles. The van der Waals surface area contributed by atoms with Crippen molar-refractivity contribution in [3.63, 3.8) is 0 Å². The Labute approximate surface area is 123 Å². The lowest BCUT2D eigenvalue weighted by molar-refractivity contribution is -0.150. The Hall–Kier alpha value is -1.24. The van der Waals surface area contributed by atoms with Gasteiger partial charge in [0.1, 0.15) is 0 Å². The number of hydrogen-bond donors (Lipinski definition) is 1. The number of ether oxygens (including phenoxy) is 1. The monoisotopic (exact) mass is 353 g/mol. The van der Waals surface area contributed by atoms with Crippen LogP contribution in [0.1, 0.15) is 19.4 Å². The van der Waals surface area contributed by atoms with Crippen molar-refractivity contribution >= 4 is 27.6 Å². The number of nitrogens with one attached hydrogen (secondary N) is 1. The lowest BCUT2D eigenvalue weighted by atomic mass is 9.93. The number of anilines is 1. The minimum Gasteiger partial charge on any atom is -0.469 e. The average Bonchev–Trinajstić information content (AvgIpc) is 2.35. The van der Waals surface area contributed by atoms with Crippen LogP contribution in [0.4, 0.5) is 18.9 Å². The van der Waals surface area contributed by atoms with Crippen LogP contribution >= 0.6 is 15.9 Å². The first-order valence-electron chi connectivity index (χ1n) is 5.77. The number of rotatable bonds is 4. The number of halogens is 4. The molecule has 3 nitrogen and oxygen atoms in total. The van der Waals surface area contributed by atoms with Crippen LogP contribution in [-0.2, 0) is 15.7 Å². The summed E-state index contributed by atoms with van der Waals surface area (Å²) in [5, 5.41) is 2.82. The first kappa shape index (κ1) is 16.8. The summed E-state index contributed by atoms with van der Waals surface area (Å²) in [7, 11) is 1.27. The highest BCUT2D eigenvalue weighted by Gasteiger charge is 2.33. The highest BCUT2D eigenvalue weighted by Crippen LogP contribution is 2.36. The van der Waals surface area contributed by atoms with Gasteiger partial charge in [-0.3, -0.25) is 4.79 Å². The van der Waals surface area contributed by atoms with Gasteiger partial charge in [-0.05, 0) is 32.0 Å². The molecule has 7 heteroatoms. The van der Waals surface area contributed by atoms with Gasteiger partial charge in [-0.1, -0.05) is 15.9 Å². The summed E-state index contributed by atoms with van der Waals surface area (Å²) in [6, 6.07) is 3.82. The van der Waals surface area contributed by atoms with Crippen molar-refractivity contribution in [1.29, 1.82) is 0 Å². The van der Waals surface area contributed by atoms with Gasteiger partial charge in [0, 0.05) is 16.7 Å². The van der Waals surface area contributed by atoms with Crippen molar-refractivity contribution in [2.24, 2.45) is 5.41 Å². The summed E-state index contributed by atoms with van der Waals surface area (Å²) in [5.41, 5.74) is -1.31. The lowest BCUT2D eigenvalue weighted by Gasteiger charge is -2.22. The van der Waals surface area contributed by atoms with Gasteiger partial charge in [0.05, 0.1) is 18.1 Å². The number of alkyl halides is 3. The Morgan fingerprint density at radius 2 is 1.95 bits per heavy atom. The second kappa shape index (κ2) is 6.03. The Kier molecular flexibility index (Phi) is 5.07. The summed E-state index contributed by atoms with van der Waals surface area (Å²) in [4.78, 5) is 11.5. The van der Waals surface area contributed by atoms with E-state index in [0.29, 0.717) is 0 Å². The molecule has 0 saturated carbocycles. The summed E-state index contributed by atoms with van der Waals surface area (Å²) >= 11 is 2.87. The smallest absolute Gasteiger partial charge is 0.417 e. The van der Waals surface area contributed by atoms with E-state index in [0.717, 1.165) is 6.07 Å². The van der Waals surface area contributed by atoms with Crippen LogP contribution in [0.25, 0.3) is 0 Å². The zero-order chi connectivity index (χ0) is 15.6. The van der Waals surface area contributed by atoms with E-state index < -0.39 is 23.1 Å². The number of esters is 1. The molecule has 0 aliphatic carbocycles. The highest BCUT2D eigenvalue weighted by atomic mass is 79.9. The predicted octanol–water partition coefficient (Wildman–Crippen LogP) is 4.08.